The SMILES string of the molecule is O=CC(=O)NC1=NCc2c(ccc(Cl)c2Cl)N1. The molecule has 2 N–H and O–H groups in total. The molecule has 0 fully saturated rings. The van der Waals surface area contributed by atoms with Crippen LogP contribution < -0.4 is 10.6 Å². The first-order valence-corrected chi connectivity index (χ1v) is 5.42. The Labute approximate surface area is 107 Å². The van der Waals surface area contributed by atoms with Gasteiger partial charge in [-0.05, 0) is 12.1 Å². The molecule has 1 aliphatic rings. The van der Waals surface area contributed by atoms with E-state index in [0.717, 1.165) is 5.56 Å². The van der Waals surface area contributed by atoms with Gasteiger partial charge in [-0.25, -0.2) is 4.99 Å². The molecule has 0 saturated heterocycles. The molecule has 2 rings (SSSR count). The largest absolute Gasteiger partial charge is 0.326 e. The summed E-state index contributed by atoms with van der Waals surface area (Å²) in [6, 6.07) is 3.37. The molecule has 0 saturated carbocycles. The van der Waals surface area contributed by atoms with E-state index in [1.54, 1.807) is 12.1 Å². The number of nitrogens with one attached hydrogen (secondary N) is 2. The van der Waals surface area contributed by atoms with Crippen molar-refractivity contribution in [1.29, 1.82) is 0 Å². The Morgan fingerprint density at radius 2 is 2.24 bits per heavy atom. The number of rotatable bonds is 1. The fourth-order valence-corrected chi connectivity index (χ4v) is 1.81. The first kappa shape index (κ1) is 11.9. The molecule has 1 aromatic carbocycles. The van der Waals surface area contributed by atoms with Gasteiger partial charge >= 0.3 is 0 Å². The molecule has 1 heterocycles. The molecule has 0 bridgehead atoms. The van der Waals surface area contributed by atoms with Crippen molar-refractivity contribution in [2.75, 3.05) is 5.32 Å². The van der Waals surface area contributed by atoms with E-state index in [2.05, 4.69) is 15.6 Å². The molecule has 0 spiro atoms. The summed E-state index contributed by atoms with van der Waals surface area (Å²) >= 11 is 11.9. The number of amides is 1. The van der Waals surface area contributed by atoms with Crippen LogP contribution in [0, 0.1) is 0 Å². The van der Waals surface area contributed by atoms with Crippen LogP contribution in [0.15, 0.2) is 17.1 Å². The second kappa shape index (κ2) is 4.73. The number of nitrogens with zero attached hydrogens (tertiary/aromatic N) is 1. The van der Waals surface area contributed by atoms with Crippen molar-refractivity contribution in [3.8, 4) is 0 Å². The Kier molecular flexibility index (Phi) is 3.31. The van der Waals surface area contributed by atoms with Crippen LogP contribution in [0.3, 0.4) is 0 Å². The minimum Gasteiger partial charge on any atom is -0.326 e. The predicted octanol–water partition coefficient (Wildman–Crippen LogP) is 1.59. The Morgan fingerprint density at radius 3 is 2.94 bits per heavy atom. The molecule has 0 aromatic heterocycles. The molecule has 0 aliphatic carbocycles. The van der Waals surface area contributed by atoms with E-state index in [0.29, 0.717) is 15.7 Å². The summed E-state index contributed by atoms with van der Waals surface area (Å²) in [5.74, 6) is -0.548. The number of guanidine groups is 1. The number of carbonyl (C=O) groups is 2. The van der Waals surface area contributed by atoms with E-state index in [-0.39, 0.29) is 18.8 Å². The maximum Gasteiger partial charge on any atom is 0.290 e. The molecule has 0 atom stereocenters. The highest BCUT2D eigenvalue weighted by Gasteiger charge is 2.17. The number of carbonyl (C=O) groups excluding carboxylic acids is 2. The quantitative estimate of drug-likeness (QED) is 0.602. The van der Waals surface area contributed by atoms with E-state index in [1.807, 2.05) is 0 Å². The van der Waals surface area contributed by atoms with Crippen LogP contribution in [0.5, 0.6) is 0 Å². The lowest BCUT2D eigenvalue weighted by atomic mass is 10.1. The fraction of sp³-hybridized carbons (Fsp3) is 0.100. The Bertz CT molecular complexity index is 529. The first-order chi connectivity index (χ1) is 8.11. The maximum atomic E-state index is 10.9. The third kappa shape index (κ3) is 2.40. The zero-order valence-electron chi connectivity index (χ0n) is 8.46. The van der Waals surface area contributed by atoms with Crippen LogP contribution in [-0.4, -0.2) is 18.2 Å². The Morgan fingerprint density at radius 1 is 1.47 bits per heavy atom. The van der Waals surface area contributed by atoms with Crippen LogP contribution in [-0.2, 0) is 16.1 Å². The number of halogens is 2. The van der Waals surface area contributed by atoms with Gasteiger partial charge < -0.3 is 5.32 Å². The monoisotopic (exact) mass is 271 g/mol. The van der Waals surface area contributed by atoms with Gasteiger partial charge in [0.1, 0.15) is 0 Å². The van der Waals surface area contributed by atoms with Gasteiger partial charge in [-0.2, -0.15) is 0 Å². The molecule has 1 aromatic rings. The number of aldehydes is 1. The van der Waals surface area contributed by atoms with Gasteiger partial charge in [0.05, 0.1) is 16.6 Å². The van der Waals surface area contributed by atoms with Crippen molar-refractivity contribution in [3.05, 3.63) is 27.7 Å². The summed E-state index contributed by atoms with van der Waals surface area (Å²) in [6.45, 7) is 0.288. The highest BCUT2D eigenvalue weighted by molar-refractivity contribution is 6.43. The highest BCUT2D eigenvalue weighted by atomic mass is 35.5. The van der Waals surface area contributed by atoms with Crippen molar-refractivity contribution < 1.29 is 9.59 Å². The van der Waals surface area contributed by atoms with Crippen molar-refractivity contribution in [1.82, 2.24) is 5.32 Å². The van der Waals surface area contributed by atoms with E-state index < -0.39 is 5.91 Å². The van der Waals surface area contributed by atoms with Gasteiger partial charge in [0.2, 0.25) is 12.2 Å². The van der Waals surface area contributed by atoms with Gasteiger partial charge in [-0.3, -0.25) is 14.9 Å². The average Bonchev–Trinajstić information content (AvgIpc) is 2.34. The predicted molar refractivity (Wildman–Crippen MR) is 65.4 cm³/mol. The van der Waals surface area contributed by atoms with Gasteiger partial charge in [0.25, 0.3) is 5.91 Å². The zero-order chi connectivity index (χ0) is 12.4. The summed E-state index contributed by atoms with van der Waals surface area (Å²) in [6.07, 6.45) is 0.175. The minimum atomic E-state index is -0.764. The van der Waals surface area contributed by atoms with Crippen molar-refractivity contribution in [2.45, 2.75) is 6.54 Å². The third-order valence-electron chi connectivity index (χ3n) is 2.19. The molecule has 1 amide bonds. The van der Waals surface area contributed by atoms with Gasteiger partial charge in [0, 0.05) is 11.3 Å². The molecule has 0 unspecified atom stereocenters. The minimum absolute atomic E-state index is 0.175. The number of aliphatic imine (C=N–C) groups is 1. The van der Waals surface area contributed by atoms with Gasteiger partial charge in [-0.1, -0.05) is 23.2 Å². The standard InChI is InChI=1S/C10H7Cl2N3O2/c11-6-1-2-7-5(9(6)12)3-13-10(14-7)15-8(17)4-16/h1-2,4H,3H2,(H2,13,14,15,17). The Balaban J connectivity index is 2.23. The average molecular weight is 272 g/mol. The van der Waals surface area contributed by atoms with Gasteiger partial charge in [-0.15, -0.1) is 0 Å². The molecule has 1 aliphatic heterocycles. The van der Waals surface area contributed by atoms with Crippen LogP contribution in [0.4, 0.5) is 5.69 Å². The third-order valence-corrected chi connectivity index (χ3v) is 3.04. The second-order valence-corrected chi connectivity index (χ2v) is 4.07. The van der Waals surface area contributed by atoms with E-state index in [4.69, 9.17) is 23.2 Å². The summed E-state index contributed by atoms with van der Waals surface area (Å²) in [4.78, 5) is 25.1. The first-order valence-electron chi connectivity index (χ1n) is 4.66. The molecule has 88 valence electrons. The van der Waals surface area contributed by atoms with Crippen molar-refractivity contribution in [3.63, 3.8) is 0 Å². The van der Waals surface area contributed by atoms with E-state index >= 15 is 0 Å². The van der Waals surface area contributed by atoms with Crippen molar-refractivity contribution >= 4 is 47.0 Å². The maximum absolute atomic E-state index is 10.9. The van der Waals surface area contributed by atoms with Crippen LogP contribution in [0.25, 0.3) is 0 Å². The van der Waals surface area contributed by atoms with Crippen LogP contribution in [0.2, 0.25) is 10.0 Å². The van der Waals surface area contributed by atoms with Crippen LogP contribution in [0.1, 0.15) is 5.56 Å². The number of fused-ring (bicyclic) bond motifs is 1. The zero-order valence-corrected chi connectivity index (χ0v) is 9.97. The summed E-state index contributed by atoms with van der Waals surface area (Å²) in [7, 11) is 0. The summed E-state index contributed by atoms with van der Waals surface area (Å²) in [5.41, 5.74) is 1.46. The summed E-state index contributed by atoms with van der Waals surface area (Å²) < 4.78 is 0. The van der Waals surface area contributed by atoms with Crippen LogP contribution >= 0.6 is 23.2 Å². The molecule has 7 heteroatoms. The van der Waals surface area contributed by atoms with E-state index in [9.17, 15) is 9.59 Å². The topological polar surface area (TPSA) is 70.6 Å². The lowest BCUT2D eigenvalue weighted by Crippen LogP contribution is -2.38. The molecule has 0 radical (unpaired) electrons. The highest BCUT2D eigenvalue weighted by Crippen LogP contribution is 2.33. The lowest BCUT2D eigenvalue weighted by Gasteiger charge is -2.19. The lowest BCUT2D eigenvalue weighted by molar-refractivity contribution is -0.130. The van der Waals surface area contributed by atoms with Crippen molar-refractivity contribution in [2.24, 2.45) is 4.99 Å². The number of benzene rings is 1. The molecule has 5 nitrogen and oxygen atoms in total. The smallest absolute Gasteiger partial charge is 0.290 e. The summed E-state index contributed by atoms with van der Waals surface area (Å²) in [5, 5.41) is 6.02. The molecular formula is C10H7Cl2N3O2. The van der Waals surface area contributed by atoms with Gasteiger partial charge in [0.15, 0.2) is 0 Å². The number of hydrogen-bond acceptors (Lipinski definition) is 4. The number of anilines is 1. The normalized spacial score (nSPS) is 13.2. The molecule has 17 heavy (non-hydrogen) atoms. The van der Waals surface area contributed by atoms with E-state index in [1.165, 1.54) is 0 Å². The molecular weight excluding hydrogens is 265 g/mol. The number of hydrogen-bond donors (Lipinski definition) is 2. The fourth-order valence-electron chi connectivity index (χ4n) is 1.41. The second-order valence-electron chi connectivity index (χ2n) is 3.28. The Hall–Kier alpha value is -1.59.